The van der Waals surface area contributed by atoms with Crippen molar-refractivity contribution in [3.63, 3.8) is 0 Å². The molecule has 5 nitrogen and oxygen atoms in total. The van der Waals surface area contributed by atoms with E-state index in [1.807, 2.05) is 42.5 Å². The van der Waals surface area contributed by atoms with Gasteiger partial charge in [0.2, 0.25) is 5.91 Å². The third-order valence-electron chi connectivity index (χ3n) is 4.13. The van der Waals surface area contributed by atoms with Gasteiger partial charge in [-0.3, -0.25) is 14.7 Å². The molecule has 3 aromatic heterocycles. The van der Waals surface area contributed by atoms with Gasteiger partial charge in [-0.1, -0.05) is 29.0 Å². The molecule has 1 aromatic carbocycles. The highest BCUT2D eigenvalue weighted by atomic mass is 35.5. The molecule has 0 fully saturated rings. The maximum atomic E-state index is 13.1. The molecule has 0 saturated carbocycles. The number of thiazole rings is 1. The van der Waals surface area contributed by atoms with Crippen molar-refractivity contribution < 1.29 is 9.53 Å². The number of nitrogens with zero attached hydrogens (tertiary/aromatic N) is 3. The molecule has 4 rings (SSSR count). The van der Waals surface area contributed by atoms with E-state index in [-0.39, 0.29) is 12.3 Å². The SMILES string of the molecule is COc1ccc2nc(N(Cc3cccnc3)C(=O)Cc3ccc(Cl)s3)sc2c1. The molecule has 4 aromatic rings. The number of halogens is 1. The fourth-order valence-corrected chi connectivity index (χ4v) is 4.85. The van der Waals surface area contributed by atoms with Crippen LogP contribution < -0.4 is 9.64 Å². The van der Waals surface area contributed by atoms with E-state index >= 15 is 0 Å². The number of pyridine rings is 1. The van der Waals surface area contributed by atoms with Crippen LogP contribution in [0.1, 0.15) is 10.4 Å². The zero-order chi connectivity index (χ0) is 19.5. The Morgan fingerprint density at radius 1 is 1.21 bits per heavy atom. The van der Waals surface area contributed by atoms with Crippen molar-refractivity contribution in [1.82, 2.24) is 9.97 Å². The van der Waals surface area contributed by atoms with Crippen molar-refractivity contribution >= 4 is 55.5 Å². The number of rotatable bonds is 6. The topological polar surface area (TPSA) is 55.3 Å². The summed E-state index contributed by atoms with van der Waals surface area (Å²) >= 11 is 8.90. The normalized spacial score (nSPS) is 10.9. The monoisotopic (exact) mass is 429 g/mol. The zero-order valence-corrected chi connectivity index (χ0v) is 17.4. The highest BCUT2D eigenvalue weighted by Crippen LogP contribution is 2.33. The summed E-state index contributed by atoms with van der Waals surface area (Å²) in [6, 6.07) is 13.2. The van der Waals surface area contributed by atoms with Crippen LogP contribution in [0.5, 0.6) is 5.75 Å². The molecule has 0 unspecified atom stereocenters. The Morgan fingerprint density at radius 2 is 2.11 bits per heavy atom. The van der Waals surface area contributed by atoms with Crippen molar-refractivity contribution in [3.05, 3.63) is 69.6 Å². The molecule has 142 valence electrons. The van der Waals surface area contributed by atoms with Crippen molar-refractivity contribution in [2.75, 3.05) is 12.0 Å². The van der Waals surface area contributed by atoms with E-state index in [2.05, 4.69) is 9.97 Å². The number of aromatic nitrogens is 2. The van der Waals surface area contributed by atoms with Crippen molar-refractivity contribution in [1.29, 1.82) is 0 Å². The maximum Gasteiger partial charge on any atom is 0.234 e. The number of fused-ring (bicyclic) bond motifs is 1. The average molecular weight is 430 g/mol. The lowest BCUT2D eigenvalue weighted by Gasteiger charge is -2.19. The minimum atomic E-state index is -0.0339. The highest BCUT2D eigenvalue weighted by molar-refractivity contribution is 7.22. The number of ether oxygens (including phenoxy) is 1. The summed E-state index contributed by atoms with van der Waals surface area (Å²) in [7, 11) is 1.63. The number of benzene rings is 1. The number of thiophene rings is 1. The van der Waals surface area contributed by atoms with Gasteiger partial charge in [0.25, 0.3) is 0 Å². The predicted octanol–water partition coefficient (Wildman–Crippen LogP) is 5.19. The smallest absolute Gasteiger partial charge is 0.234 e. The Hall–Kier alpha value is -2.48. The maximum absolute atomic E-state index is 13.1. The number of methoxy groups -OCH3 is 1. The lowest BCUT2D eigenvalue weighted by molar-refractivity contribution is -0.118. The molecule has 0 spiro atoms. The molecule has 1 amide bonds. The summed E-state index contributed by atoms with van der Waals surface area (Å²) in [4.78, 5) is 24.6. The summed E-state index contributed by atoms with van der Waals surface area (Å²) in [6.07, 6.45) is 3.75. The number of amides is 1. The van der Waals surface area contributed by atoms with Crippen LogP contribution in [0.25, 0.3) is 10.2 Å². The number of carbonyl (C=O) groups is 1. The summed E-state index contributed by atoms with van der Waals surface area (Å²) in [6.45, 7) is 0.405. The van der Waals surface area contributed by atoms with Crippen LogP contribution in [0.4, 0.5) is 5.13 Å². The lowest BCUT2D eigenvalue weighted by atomic mass is 10.2. The van der Waals surface area contributed by atoms with Gasteiger partial charge in [-0.05, 0) is 42.0 Å². The van der Waals surface area contributed by atoms with E-state index in [9.17, 15) is 4.79 Å². The van der Waals surface area contributed by atoms with Crippen molar-refractivity contribution in [2.45, 2.75) is 13.0 Å². The van der Waals surface area contributed by atoms with Gasteiger partial charge in [0, 0.05) is 17.3 Å². The van der Waals surface area contributed by atoms with Gasteiger partial charge in [-0.2, -0.15) is 0 Å². The Kier molecular flexibility index (Phi) is 5.57. The van der Waals surface area contributed by atoms with Crippen LogP contribution >= 0.6 is 34.3 Å². The third kappa shape index (κ3) is 4.16. The zero-order valence-electron chi connectivity index (χ0n) is 15.0. The van der Waals surface area contributed by atoms with Crippen molar-refractivity contribution in [3.8, 4) is 5.75 Å². The van der Waals surface area contributed by atoms with E-state index < -0.39 is 0 Å². The first-order chi connectivity index (χ1) is 13.6. The van der Waals surface area contributed by atoms with E-state index in [1.54, 1.807) is 24.4 Å². The fraction of sp³-hybridized carbons (Fsp3) is 0.150. The van der Waals surface area contributed by atoms with E-state index in [4.69, 9.17) is 16.3 Å². The summed E-state index contributed by atoms with van der Waals surface area (Å²) in [5, 5.41) is 0.653. The second kappa shape index (κ2) is 8.26. The van der Waals surface area contributed by atoms with Gasteiger partial charge in [0.15, 0.2) is 5.13 Å². The molecular weight excluding hydrogens is 414 g/mol. The van der Waals surface area contributed by atoms with Crippen molar-refractivity contribution in [2.24, 2.45) is 0 Å². The van der Waals surface area contributed by atoms with E-state index in [0.29, 0.717) is 16.0 Å². The van der Waals surface area contributed by atoms with Gasteiger partial charge >= 0.3 is 0 Å². The summed E-state index contributed by atoms with van der Waals surface area (Å²) < 4.78 is 6.94. The minimum Gasteiger partial charge on any atom is -0.497 e. The largest absolute Gasteiger partial charge is 0.497 e. The third-order valence-corrected chi connectivity index (χ3v) is 6.41. The minimum absolute atomic E-state index is 0.0339. The molecule has 0 aliphatic heterocycles. The highest BCUT2D eigenvalue weighted by Gasteiger charge is 2.21. The molecule has 0 N–H and O–H groups in total. The first kappa shape index (κ1) is 18.9. The Labute approximate surface area is 175 Å². The molecule has 28 heavy (non-hydrogen) atoms. The van der Waals surface area contributed by atoms with Gasteiger partial charge < -0.3 is 4.74 Å². The summed E-state index contributed by atoms with van der Waals surface area (Å²) in [5.41, 5.74) is 1.78. The van der Waals surface area contributed by atoms with Crippen LogP contribution in [0.3, 0.4) is 0 Å². The second-order valence-corrected chi connectivity index (χ2v) is 8.86. The Bertz CT molecular complexity index is 1110. The van der Waals surface area contributed by atoms with Gasteiger partial charge in [0.1, 0.15) is 5.75 Å². The van der Waals surface area contributed by atoms with Gasteiger partial charge in [0.05, 0.1) is 34.6 Å². The van der Waals surface area contributed by atoms with Gasteiger partial charge in [-0.15, -0.1) is 11.3 Å². The molecule has 0 bridgehead atoms. The van der Waals surface area contributed by atoms with E-state index in [1.165, 1.54) is 22.7 Å². The molecule has 0 saturated heterocycles. The molecule has 0 aliphatic carbocycles. The van der Waals surface area contributed by atoms with Crippen LogP contribution in [0, 0.1) is 0 Å². The lowest BCUT2D eigenvalue weighted by Crippen LogP contribution is -2.31. The molecule has 0 aliphatic rings. The molecule has 8 heteroatoms. The van der Waals surface area contributed by atoms with E-state index in [0.717, 1.165) is 26.4 Å². The first-order valence-corrected chi connectivity index (χ1v) is 10.5. The Morgan fingerprint density at radius 3 is 2.82 bits per heavy atom. The van der Waals surface area contributed by atoms with Crippen LogP contribution in [-0.2, 0) is 17.8 Å². The van der Waals surface area contributed by atoms with Gasteiger partial charge in [-0.25, -0.2) is 4.98 Å². The first-order valence-electron chi connectivity index (χ1n) is 8.50. The van der Waals surface area contributed by atoms with Crippen LogP contribution in [-0.4, -0.2) is 23.0 Å². The number of anilines is 1. The molecular formula is C20H16ClN3O2S2. The average Bonchev–Trinajstić information content (AvgIpc) is 3.31. The molecule has 0 radical (unpaired) electrons. The van der Waals surface area contributed by atoms with Crippen LogP contribution in [0.2, 0.25) is 4.34 Å². The number of carbonyl (C=O) groups excluding carboxylic acids is 1. The standard InChI is InChI=1S/C20H16ClN3O2S2/c1-26-14-4-6-16-17(9-14)28-20(23-16)24(12-13-3-2-8-22-11-13)19(25)10-15-5-7-18(21)27-15/h2-9,11H,10,12H2,1H3. The fourth-order valence-electron chi connectivity index (χ4n) is 2.76. The second-order valence-electron chi connectivity index (χ2n) is 6.05. The van der Waals surface area contributed by atoms with Crippen LogP contribution in [0.15, 0.2) is 54.9 Å². The Balaban J connectivity index is 1.68. The predicted molar refractivity (Wildman–Crippen MR) is 115 cm³/mol. The number of hydrogen-bond donors (Lipinski definition) is 0. The molecule has 0 atom stereocenters. The number of hydrogen-bond acceptors (Lipinski definition) is 6. The molecule has 3 heterocycles. The summed E-state index contributed by atoms with van der Waals surface area (Å²) in [5.74, 6) is 0.731. The quantitative estimate of drug-likeness (QED) is 0.423.